The van der Waals surface area contributed by atoms with Crippen LogP contribution in [0, 0.1) is 6.92 Å². The second-order valence-corrected chi connectivity index (χ2v) is 5.65. The average Bonchev–Trinajstić information content (AvgIpc) is 2.41. The Bertz CT molecular complexity index is 322. The molecule has 108 valence electrons. The SMILES string of the molecule is CCCCCC(CCCCC)Nc1ccccc1C. The predicted octanol–water partition coefficient (Wildman–Crippen LogP) is 5.94. The fraction of sp³-hybridized carbons (Fsp3) is 0.667. The first-order valence-corrected chi connectivity index (χ1v) is 8.10. The third-order valence-electron chi connectivity index (χ3n) is 3.82. The van der Waals surface area contributed by atoms with Crippen molar-refractivity contribution in [1.29, 1.82) is 0 Å². The summed E-state index contributed by atoms with van der Waals surface area (Å²) in [5.41, 5.74) is 2.68. The highest BCUT2D eigenvalue weighted by Gasteiger charge is 2.09. The normalized spacial score (nSPS) is 10.9. The van der Waals surface area contributed by atoms with Gasteiger partial charge in [0.1, 0.15) is 0 Å². The van der Waals surface area contributed by atoms with E-state index < -0.39 is 0 Å². The average molecular weight is 261 g/mol. The Hall–Kier alpha value is -0.980. The zero-order valence-corrected chi connectivity index (χ0v) is 13.0. The number of unbranched alkanes of at least 4 members (excludes halogenated alkanes) is 4. The lowest BCUT2D eigenvalue weighted by Gasteiger charge is -2.21. The Morgan fingerprint density at radius 1 is 0.895 bits per heavy atom. The topological polar surface area (TPSA) is 12.0 Å². The lowest BCUT2D eigenvalue weighted by molar-refractivity contribution is 0.526. The first-order valence-electron chi connectivity index (χ1n) is 8.10. The Morgan fingerprint density at radius 2 is 1.47 bits per heavy atom. The summed E-state index contributed by atoms with van der Waals surface area (Å²) in [6, 6.07) is 9.30. The Morgan fingerprint density at radius 3 is 2.00 bits per heavy atom. The van der Waals surface area contributed by atoms with Gasteiger partial charge in [-0.1, -0.05) is 70.6 Å². The smallest absolute Gasteiger partial charge is 0.0372 e. The number of aryl methyl sites for hydroxylation is 1. The van der Waals surface area contributed by atoms with E-state index in [1.54, 1.807) is 0 Å². The molecule has 0 unspecified atom stereocenters. The third kappa shape index (κ3) is 6.66. The zero-order valence-electron chi connectivity index (χ0n) is 13.0. The fourth-order valence-electron chi connectivity index (χ4n) is 2.52. The molecule has 0 aliphatic rings. The van der Waals surface area contributed by atoms with Gasteiger partial charge in [-0.15, -0.1) is 0 Å². The van der Waals surface area contributed by atoms with Gasteiger partial charge >= 0.3 is 0 Å². The summed E-state index contributed by atoms with van der Waals surface area (Å²) in [4.78, 5) is 0. The number of hydrogen-bond acceptors (Lipinski definition) is 1. The molecule has 1 rings (SSSR count). The van der Waals surface area contributed by atoms with Crippen molar-refractivity contribution >= 4 is 5.69 Å². The van der Waals surface area contributed by atoms with E-state index in [0.717, 1.165) is 0 Å². The number of anilines is 1. The molecule has 0 saturated carbocycles. The van der Waals surface area contributed by atoms with Crippen molar-refractivity contribution in [3.63, 3.8) is 0 Å². The second-order valence-electron chi connectivity index (χ2n) is 5.65. The van der Waals surface area contributed by atoms with Crippen molar-refractivity contribution in [1.82, 2.24) is 0 Å². The summed E-state index contributed by atoms with van der Waals surface area (Å²) in [5.74, 6) is 0. The maximum absolute atomic E-state index is 3.77. The molecule has 0 bridgehead atoms. The van der Waals surface area contributed by atoms with Crippen LogP contribution in [0.15, 0.2) is 24.3 Å². The van der Waals surface area contributed by atoms with Crippen LogP contribution < -0.4 is 5.32 Å². The summed E-state index contributed by atoms with van der Waals surface area (Å²) in [5, 5.41) is 3.77. The molecule has 0 aliphatic carbocycles. The standard InChI is InChI=1S/C18H31N/c1-4-6-8-13-17(14-9-7-5-2)19-18-15-11-10-12-16(18)3/h10-12,15,17,19H,4-9,13-14H2,1-3H3. The van der Waals surface area contributed by atoms with Crippen LogP contribution in [0.4, 0.5) is 5.69 Å². The Kier molecular flexibility index (Phi) is 8.36. The van der Waals surface area contributed by atoms with Crippen molar-refractivity contribution in [2.45, 2.75) is 78.2 Å². The van der Waals surface area contributed by atoms with Crippen LogP contribution in [-0.2, 0) is 0 Å². The Labute approximate surface area is 119 Å². The van der Waals surface area contributed by atoms with Crippen molar-refractivity contribution < 1.29 is 0 Å². The summed E-state index contributed by atoms with van der Waals surface area (Å²) in [7, 11) is 0. The predicted molar refractivity (Wildman–Crippen MR) is 86.9 cm³/mol. The van der Waals surface area contributed by atoms with Crippen LogP contribution in [0.5, 0.6) is 0 Å². The molecule has 1 nitrogen and oxygen atoms in total. The van der Waals surface area contributed by atoms with Crippen LogP contribution in [-0.4, -0.2) is 6.04 Å². The minimum Gasteiger partial charge on any atom is -0.382 e. The molecule has 0 fully saturated rings. The minimum absolute atomic E-state index is 0.652. The molecule has 0 spiro atoms. The van der Waals surface area contributed by atoms with Gasteiger partial charge in [0.25, 0.3) is 0 Å². The third-order valence-corrected chi connectivity index (χ3v) is 3.82. The zero-order chi connectivity index (χ0) is 13.9. The molecule has 1 heteroatoms. The summed E-state index contributed by atoms with van der Waals surface area (Å²) in [6.07, 6.45) is 10.7. The first kappa shape index (κ1) is 16.1. The van der Waals surface area contributed by atoms with Crippen molar-refractivity contribution in [3.05, 3.63) is 29.8 Å². The summed E-state index contributed by atoms with van der Waals surface area (Å²) >= 11 is 0. The van der Waals surface area contributed by atoms with Gasteiger partial charge in [-0.05, 0) is 31.4 Å². The molecular formula is C18H31N. The first-order chi connectivity index (χ1) is 9.27. The maximum Gasteiger partial charge on any atom is 0.0372 e. The molecule has 1 aromatic carbocycles. The molecule has 0 aliphatic heterocycles. The molecule has 1 N–H and O–H groups in total. The summed E-state index contributed by atoms with van der Waals surface area (Å²) < 4.78 is 0. The van der Waals surface area contributed by atoms with Crippen molar-refractivity contribution in [3.8, 4) is 0 Å². The van der Waals surface area contributed by atoms with Crippen LogP contribution in [0.25, 0.3) is 0 Å². The van der Waals surface area contributed by atoms with Crippen molar-refractivity contribution in [2.75, 3.05) is 5.32 Å². The van der Waals surface area contributed by atoms with E-state index >= 15 is 0 Å². The van der Waals surface area contributed by atoms with E-state index in [4.69, 9.17) is 0 Å². The van der Waals surface area contributed by atoms with Gasteiger partial charge in [-0.25, -0.2) is 0 Å². The highest BCUT2D eigenvalue weighted by atomic mass is 14.9. The lowest BCUT2D eigenvalue weighted by Crippen LogP contribution is -2.20. The minimum atomic E-state index is 0.652. The molecule has 0 amide bonds. The van der Waals surface area contributed by atoms with E-state index in [2.05, 4.69) is 50.4 Å². The maximum atomic E-state index is 3.77. The van der Waals surface area contributed by atoms with Gasteiger partial charge in [0.15, 0.2) is 0 Å². The molecule has 19 heavy (non-hydrogen) atoms. The van der Waals surface area contributed by atoms with Crippen LogP contribution in [0.3, 0.4) is 0 Å². The van der Waals surface area contributed by atoms with E-state index in [0.29, 0.717) is 6.04 Å². The Balaban J connectivity index is 2.49. The molecule has 0 heterocycles. The molecule has 0 saturated heterocycles. The fourth-order valence-corrected chi connectivity index (χ4v) is 2.52. The number of rotatable bonds is 10. The molecule has 0 radical (unpaired) electrons. The lowest BCUT2D eigenvalue weighted by atomic mass is 10.0. The monoisotopic (exact) mass is 261 g/mol. The largest absolute Gasteiger partial charge is 0.382 e. The van der Waals surface area contributed by atoms with Gasteiger partial charge in [0, 0.05) is 11.7 Å². The molecule has 1 aromatic rings. The number of nitrogens with one attached hydrogen (secondary N) is 1. The number of hydrogen-bond donors (Lipinski definition) is 1. The molecular weight excluding hydrogens is 230 g/mol. The number of benzene rings is 1. The summed E-state index contributed by atoms with van der Waals surface area (Å²) in [6.45, 7) is 6.75. The van der Waals surface area contributed by atoms with Gasteiger partial charge < -0.3 is 5.32 Å². The van der Waals surface area contributed by atoms with Gasteiger partial charge in [0.2, 0.25) is 0 Å². The van der Waals surface area contributed by atoms with Crippen LogP contribution >= 0.6 is 0 Å². The van der Waals surface area contributed by atoms with Gasteiger partial charge in [0.05, 0.1) is 0 Å². The van der Waals surface area contributed by atoms with Crippen molar-refractivity contribution in [2.24, 2.45) is 0 Å². The van der Waals surface area contributed by atoms with E-state index in [9.17, 15) is 0 Å². The second kappa shape index (κ2) is 9.89. The molecule has 0 atom stereocenters. The van der Waals surface area contributed by atoms with E-state index in [1.165, 1.54) is 62.6 Å². The van der Waals surface area contributed by atoms with E-state index in [1.807, 2.05) is 0 Å². The van der Waals surface area contributed by atoms with Crippen LogP contribution in [0.1, 0.15) is 70.8 Å². The van der Waals surface area contributed by atoms with Crippen LogP contribution in [0.2, 0.25) is 0 Å². The molecule has 0 aromatic heterocycles. The number of para-hydroxylation sites is 1. The highest BCUT2D eigenvalue weighted by molar-refractivity contribution is 5.50. The quantitative estimate of drug-likeness (QED) is 0.514. The highest BCUT2D eigenvalue weighted by Crippen LogP contribution is 2.19. The van der Waals surface area contributed by atoms with Gasteiger partial charge in [-0.3, -0.25) is 0 Å². The van der Waals surface area contributed by atoms with E-state index in [-0.39, 0.29) is 0 Å². The van der Waals surface area contributed by atoms with Gasteiger partial charge in [-0.2, -0.15) is 0 Å².